The van der Waals surface area contributed by atoms with Crippen molar-refractivity contribution >= 4 is 35.1 Å². The first-order valence-electron chi connectivity index (χ1n) is 13.6. The predicted molar refractivity (Wildman–Crippen MR) is 150 cm³/mol. The van der Waals surface area contributed by atoms with E-state index in [0.29, 0.717) is 22.9 Å². The summed E-state index contributed by atoms with van der Waals surface area (Å²) in [5.74, 6) is -0.870. The van der Waals surface area contributed by atoms with Crippen molar-refractivity contribution in [2.45, 2.75) is 18.8 Å². The molecule has 1 saturated heterocycles. The second kappa shape index (κ2) is 10.7. The number of hydrogen-bond donors (Lipinski definition) is 1. The number of fused-ring (bicyclic) bond motifs is 5. The van der Waals surface area contributed by atoms with Gasteiger partial charge in [-0.2, -0.15) is 0 Å². The molecule has 1 aliphatic heterocycles. The van der Waals surface area contributed by atoms with Crippen LogP contribution in [-0.4, -0.2) is 44.5 Å². The highest BCUT2D eigenvalue weighted by Gasteiger charge is 2.64. The van der Waals surface area contributed by atoms with Crippen LogP contribution in [0.1, 0.15) is 34.7 Å². The number of rotatable bonds is 8. The van der Waals surface area contributed by atoms with Gasteiger partial charge in [0.1, 0.15) is 11.5 Å². The standard InChI is InChI=1S/C32H30N2O7/c1-39-22-11-12-26(40-2)25(16-22)33-27(35)17-41-32(38)19-9-6-10-21(13-19)34-30(36)28-20-14-23(18-7-4-3-5-8-18)24(15-20)29(28)31(34)37/h3-13,16,20,23-24,28-29H,14-15,17H2,1-2H3,(H,33,35)/t20-,23-,24+,28+,29+/m0/s1. The van der Waals surface area contributed by atoms with E-state index in [0.717, 1.165) is 12.8 Å². The van der Waals surface area contributed by atoms with Crippen LogP contribution in [0.2, 0.25) is 0 Å². The Morgan fingerprint density at radius 2 is 1.66 bits per heavy atom. The third-order valence-electron chi connectivity index (χ3n) is 8.60. The molecule has 3 aromatic carbocycles. The van der Waals surface area contributed by atoms with Crippen LogP contribution in [0.4, 0.5) is 11.4 Å². The van der Waals surface area contributed by atoms with E-state index in [1.165, 1.54) is 36.8 Å². The first kappa shape index (κ1) is 26.6. The summed E-state index contributed by atoms with van der Waals surface area (Å²) in [5, 5.41) is 2.64. The largest absolute Gasteiger partial charge is 0.497 e. The van der Waals surface area contributed by atoms with Gasteiger partial charge in [-0.3, -0.25) is 19.3 Å². The van der Waals surface area contributed by atoms with E-state index in [4.69, 9.17) is 14.2 Å². The number of benzene rings is 3. The molecule has 41 heavy (non-hydrogen) atoms. The smallest absolute Gasteiger partial charge is 0.338 e. The molecule has 0 radical (unpaired) electrons. The summed E-state index contributed by atoms with van der Waals surface area (Å²) >= 11 is 0. The number of nitrogens with zero attached hydrogens (tertiary/aromatic N) is 1. The predicted octanol–water partition coefficient (Wildman–Crippen LogP) is 4.43. The van der Waals surface area contributed by atoms with Crippen molar-refractivity contribution in [2.24, 2.45) is 23.7 Å². The molecule has 2 bridgehead atoms. The Labute approximate surface area is 237 Å². The van der Waals surface area contributed by atoms with Crippen molar-refractivity contribution in [3.05, 3.63) is 83.9 Å². The van der Waals surface area contributed by atoms with E-state index >= 15 is 0 Å². The van der Waals surface area contributed by atoms with E-state index in [-0.39, 0.29) is 47.0 Å². The summed E-state index contributed by atoms with van der Waals surface area (Å²) < 4.78 is 15.7. The number of carbonyl (C=O) groups excluding carboxylic acids is 4. The van der Waals surface area contributed by atoms with Crippen LogP contribution in [0.3, 0.4) is 0 Å². The fourth-order valence-electron chi connectivity index (χ4n) is 6.88. The molecular formula is C32H30N2O7. The van der Waals surface area contributed by atoms with Gasteiger partial charge >= 0.3 is 5.97 Å². The van der Waals surface area contributed by atoms with Crippen molar-refractivity contribution in [2.75, 3.05) is 31.0 Å². The van der Waals surface area contributed by atoms with Crippen molar-refractivity contribution in [3.8, 4) is 11.5 Å². The number of imide groups is 1. The maximum Gasteiger partial charge on any atom is 0.338 e. The zero-order chi connectivity index (χ0) is 28.7. The van der Waals surface area contributed by atoms with Crippen LogP contribution in [-0.2, 0) is 19.1 Å². The van der Waals surface area contributed by atoms with Gasteiger partial charge in [0.2, 0.25) is 11.8 Å². The third kappa shape index (κ3) is 4.71. The minimum Gasteiger partial charge on any atom is -0.497 e. The first-order chi connectivity index (χ1) is 19.9. The highest BCUT2D eigenvalue weighted by molar-refractivity contribution is 6.23. The average Bonchev–Trinajstić information content (AvgIpc) is 3.67. The lowest BCUT2D eigenvalue weighted by Crippen LogP contribution is -2.33. The van der Waals surface area contributed by atoms with E-state index in [2.05, 4.69) is 17.4 Å². The number of carbonyl (C=O) groups is 4. The second-order valence-corrected chi connectivity index (χ2v) is 10.7. The van der Waals surface area contributed by atoms with E-state index in [9.17, 15) is 19.2 Å². The summed E-state index contributed by atoms with van der Waals surface area (Å²) in [6.45, 7) is -0.542. The molecule has 1 heterocycles. The topological polar surface area (TPSA) is 111 Å². The molecule has 9 heteroatoms. The van der Waals surface area contributed by atoms with Gasteiger partial charge < -0.3 is 19.5 Å². The Kier molecular flexibility index (Phi) is 6.95. The molecule has 3 fully saturated rings. The maximum absolute atomic E-state index is 13.6. The molecule has 0 spiro atoms. The van der Waals surface area contributed by atoms with Gasteiger partial charge in [-0.05, 0) is 66.5 Å². The summed E-state index contributed by atoms with van der Waals surface area (Å²) in [5.41, 5.74) is 2.06. The van der Waals surface area contributed by atoms with Gasteiger partial charge in [0.05, 0.1) is 43.0 Å². The molecule has 3 aliphatic rings. The van der Waals surface area contributed by atoms with Gasteiger partial charge in [0.25, 0.3) is 5.91 Å². The van der Waals surface area contributed by atoms with Crippen molar-refractivity contribution in [1.29, 1.82) is 0 Å². The summed E-state index contributed by atoms with van der Waals surface area (Å²) in [6.07, 6.45) is 1.79. The number of amides is 3. The lowest BCUT2D eigenvalue weighted by Gasteiger charge is -2.28. The quantitative estimate of drug-likeness (QED) is 0.324. The number of ether oxygens (including phenoxy) is 3. The summed E-state index contributed by atoms with van der Waals surface area (Å²) in [7, 11) is 2.98. The molecule has 6 rings (SSSR count). The minimum absolute atomic E-state index is 0.128. The minimum atomic E-state index is -0.747. The molecule has 0 aromatic heterocycles. The fourth-order valence-corrected chi connectivity index (χ4v) is 6.88. The Bertz CT molecular complexity index is 1520. The normalized spacial score (nSPS) is 24.2. The lowest BCUT2D eigenvalue weighted by molar-refractivity contribution is -0.123. The molecule has 1 N–H and O–H groups in total. The molecule has 9 nitrogen and oxygen atoms in total. The fraction of sp³-hybridized carbons (Fsp3) is 0.312. The van der Waals surface area contributed by atoms with Crippen molar-refractivity contribution in [1.82, 2.24) is 0 Å². The molecule has 3 amide bonds. The van der Waals surface area contributed by atoms with Crippen LogP contribution in [0, 0.1) is 23.7 Å². The Hall–Kier alpha value is -4.66. The van der Waals surface area contributed by atoms with Crippen LogP contribution >= 0.6 is 0 Å². The number of anilines is 2. The van der Waals surface area contributed by atoms with Gasteiger partial charge in [0, 0.05) is 6.07 Å². The monoisotopic (exact) mass is 554 g/mol. The molecular weight excluding hydrogens is 524 g/mol. The van der Waals surface area contributed by atoms with E-state index in [1.54, 1.807) is 30.3 Å². The van der Waals surface area contributed by atoms with Crippen LogP contribution in [0.25, 0.3) is 0 Å². The Balaban J connectivity index is 1.13. The number of esters is 1. The Morgan fingerprint density at radius 1 is 0.878 bits per heavy atom. The number of methoxy groups -OCH3 is 2. The van der Waals surface area contributed by atoms with Crippen molar-refractivity contribution < 1.29 is 33.4 Å². The average molecular weight is 555 g/mol. The molecule has 2 saturated carbocycles. The highest BCUT2D eigenvalue weighted by Crippen LogP contribution is 2.61. The van der Waals surface area contributed by atoms with Crippen molar-refractivity contribution in [3.63, 3.8) is 0 Å². The zero-order valence-corrected chi connectivity index (χ0v) is 22.7. The van der Waals surface area contributed by atoms with Gasteiger partial charge in [-0.1, -0.05) is 36.4 Å². The first-order valence-corrected chi connectivity index (χ1v) is 13.6. The zero-order valence-electron chi connectivity index (χ0n) is 22.7. The molecule has 210 valence electrons. The highest BCUT2D eigenvalue weighted by atomic mass is 16.5. The van der Waals surface area contributed by atoms with Gasteiger partial charge in [-0.25, -0.2) is 4.79 Å². The third-order valence-corrected chi connectivity index (χ3v) is 8.60. The summed E-state index contributed by atoms with van der Waals surface area (Å²) in [6, 6.07) is 21.4. The van der Waals surface area contributed by atoms with E-state index in [1.807, 2.05) is 18.2 Å². The molecule has 3 aromatic rings. The number of hydrogen-bond acceptors (Lipinski definition) is 7. The second-order valence-electron chi connectivity index (χ2n) is 10.7. The molecule has 5 atom stereocenters. The van der Waals surface area contributed by atoms with Gasteiger partial charge in [0.15, 0.2) is 6.61 Å². The van der Waals surface area contributed by atoms with Crippen LogP contribution < -0.4 is 19.7 Å². The number of nitrogens with one attached hydrogen (secondary N) is 1. The van der Waals surface area contributed by atoms with Gasteiger partial charge in [-0.15, -0.1) is 0 Å². The van der Waals surface area contributed by atoms with Crippen LogP contribution in [0.15, 0.2) is 72.8 Å². The summed E-state index contributed by atoms with van der Waals surface area (Å²) in [4.78, 5) is 53.7. The molecule has 2 aliphatic carbocycles. The van der Waals surface area contributed by atoms with Crippen LogP contribution in [0.5, 0.6) is 11.5 Å². The molecule has 0 unspecified atom stereocenters. The Morgan fingerprint density at radius 3 is 2.41 bits per heavy atom. The lowest BCUT2D eigenvalue weighted by atomic mass is 9.73. The maximum atomic E-state index is 13.6. The van der Waals surface area contributed by atoms with E-state index < -0.39 is 18.5 Å². The SMILES string of the molecule is COc1ccc(OC)c(NC(=O)COC(=O)c2cccc(N3C(=O)[C@@H]4[C@@H]5C[C@@H]([C@H]4C3=O)[C@H](c3ccccc3)C5)c2)c1.